The van der Waals surface area contributed by atoms with E-state index in [9.17, 15) is 0 Å². The SMILES string of the molecule is CCC1C(c2ccccc2)=CNC(c2ccc(-c3ccc4c(c3)C3(c5ccccc5S4)c4ccccc4C4(c5ccccc5-c5ccccc54)c4ccccc43)cc2)=CC1c1ccc(-c2ccccc2)cc1. The van der Waals surface area contributed by atoms with Crippen LogP contribution in [0.1, 0.15) is 80.5 Å². The highest BCUT2D eigenvalue weighted by Crippen LogP contribution is 2.67. The molecule has 0 saturated carbocycles. The topological polar surface area (TPSA) is 12.0 Å². The van der Waals surface area contributed by atoms with Crippen LogP contribution in [-0.4, -0.2) is 0 Å². The van der Waals surface area contributed by atoms with Gasteiger partial charge in [0.2, 0.25) is 0 Å². The first kappa shape index (κ1) is 42.7. The highest BCUT2D eigenvalue weighted by molar-refractivity contribution is 7.99. The summed E-state index contributed by atoms with van der Waals surface area (Å²) in [6, 6.07) is 93.6. The fraction of sp³-hybridized carbons (Fsp3) is 0.0857. The van der Waals surface area contributed by atoms with E-state index in [1.54, 1.807) is 0 Å². The van der Waals surface area contributed by atoms with Gasteiger partial charge in [-0.2, -0.15) is 0 Å². The van der Waals surface area contributed by atoms with Crippen molar-refractivity contribution in [3.63, 3.8) is 0 Å². The van der Waals surface area contributed by atoms with E-state index in [0.29, 0.717) is 0 Å². The van der Waals surface area contributed by atoms with Crippen molar-refractivity contribution in [2.24, 2.45) is 5.92 Å². The first-order valence-corrected chi connectivity index (χ1v) is 26.3. The molecule has 2 heterocycles. The third-order valence-corrected chi connectivity index (χ3v) is 17.5. The normalized spacial score (nSPS) is 17.2. The molecular formula is C70H51NS. The molecule has 2 atom stereocenters. The van der Waals surface area contributed by atoms with Gasteiger partial charge in [-0.05, 0) is 131 Å². The molecule has 0 radical (unpaired) electrons. The number of fused-ring (bicyclic) bond motifs is 15. The predicted octanol–water partition coefficient (Wildman–Crippen LogP) is 17.3. The van der Waals surface area contributed by atoms with Crippen molar-refractivity contribution in [1.29, 1.82) is 0 Å². The number of allylic oxidation sites excluding steroid dienone is 2. The molecule has 0 bridgehead atoms. The Kier molecular flexibility index (Phi) is 10.1. The van der Waals surface area contributed by atoms with Crippen LogP contribution < -0.4 is 5.32 Å². The largest absolute Gasteiger partial charge is 0.361 e. The van der Waals surface area contributed by atoms with E-state index in [-0.39, 0.29) is 11.8 Å². The Bertz CT molecular complexity index is 3690. The molecule has 0 aromatic heterocycles. The Hall–Kier alpha value is -8.17. The molecular weight excluding hydrogens is 887 g/mol. The van der Waals surface area contributed by atoms with Gasteiger partial charge in [-0.3, -0.25) is 0 Å². The Morgan fingerprint density at radius 2 is 0.806 bits per heavy atom. The summed E-state index contributed by atoms with van der Waals surface area (Å²) in [5.41, 5.74) is 23.5. The summed E-state index contributed by atoms with van der Waals surface area (Å²) in [4.78, 5) is 2.60. The van der Waals surface area contributed by atoms with Gasteiger partial charge < -0.3 is 5.32 Å². The first-order chi connectivity index (χ1) is 35.7. The zero-order chi connectivity index (χ0) is 47.8. The van der Waals surface area contributed by atoms with Crippen LogP contribution in [0.3, 0.4) is 0 Å². The van der Waals surface area contributed by atoms with Crippen LogP contribution in [0.5, 0.6) is 0 Å². The molecule has 1 N–H and O–H groups in total. The van der Waals surface area contributed by atoms with Gasteiger partial charge >= 0.3 is 0 Å². The zero-order valence-corrected chi connectivity index (χ0v) is 40.9. The summed E-state index contributed by atoms with van der Waals surface area (Å²) >= 11 is 1.90. The van der Waals surface area contributed by atoms with E-state index in [1.807, 2.05) is 11.8 Å². The lowest BCUT2D eigenvalue weighted by Gasteiger charge is -2.51. The van der Waals surface area contributed by atoms with Gasteiger partial charge in [0.1, 0.15) is 0 Å². The molecule has 342 valence electrons. The summed E-state index contributed by atoms with van der Waals surface area (Å²) in [5, 5.41) is 3.84. The molecule has 2 unspecified atom stereocenters. The van der Waals surface area contributed by atoms with Gasteiger partial charge in [0.05, 0.1) is 10.8 Å². The summed E-state index contributed by atoms with van der Waals surface area (Å²) in [6.07, 6.45) is 5.76. The maximum Gasteiger partial charge on any atom is 0.0730 e. The average Bonchev–Trinajstić information content (AvgIpc) is 3.61. The number of hydrogen-bond donors (Lipinski definition) is 1. The third kappa shape index (κ3) is 6.28. The summed E-state index contributed by atoms with van der Waals surface area (Å²) in [7, 11) is 0. The molecule has 0 amide bonds. The van der Waals surface area contributed by atoms with Crippen molar-refractivity contribution >= 4 is 23.0 Å². The van der Waals surface area contributed by atoms with Crippen LogP contribution >= 0.6 is 11.8 Å². The van der Waals surface area contributed by atoms with Gasteiger partial charge in [-0.25, -0.2) is 0 Å². The Morgan fingerprint density at radius 1 is 0.375 bits per heavy atom. The highest BCUT2D eigenvalue weighted by Gasteiger charge is 2.58. The van der Waals surface area contributed by atoms with Gasteiger partial charge in [-0.15, -0.1) is 0 Å². The van der Waals surface area contributed by atoms with Crippen molar-refractivity contribution in [2.75, 3.05) is 0 Å². The van der Waals surface area contributed by atoms with E-state index < -0.39 is 10.8 Å². The molecule has 0 saturated heterocycles. The molecule has 72 heavy (non-hydrogen) atoms. The Balaban J connectivity index is 0.907. The minimum Gasteiger partial charge on any atom is -0.361 e. The highest BCUT2D eigenvalue weighted by atomic mass is 32.2. The molecule has 0 fully saturated rings. The quantitative estimate of drug-likeness (QED) is 0.178. The predicted molar refractivity (Wildman–Crippen MR) is 299 cm³/mol. The van der Waals surface area contributed by atoms with E-state index in [2.05, 4.69) is 273 Å². The molecule has 1 nitrogen and oxygen atoms in total. The maximum atomic E-state index is 3.84. The number of benzene rings is 10. The minimum absolute atomic E-state index is 0.166. The summed E-state index contributed by atoms with van der Waals surface area (Å²) < 4.78 is 0. The fourth-order valence-corrected chi connectivity index (χ4v) is 14.4. The van der Waals surface area contributed by atoms with Crippen molar-refractivity contribution in [2.45, 2.75) is 39.9 Å². The zero-order valence-electron chi connectivity index (χ0n) is 40.1. The van der Waals surface area contributed by atoms with Crippen molar-refractivity contribution in [1.82, 2.24) is 5.32 Å². The maximum absolute atomic E-state index is 3.84. The first-order valence-electron chi connectivity index (χ1n) is 25.5. The molecule has 2 heteroatoms. The van der Waals surface area contributed by atoms with Gasteiger partial charge in [0.15, 0.2) is 0 Å². The van der Waals surface area contributed by atoms with Gasteiger partial charge in [-0.1, -0.05) is 255 Å². The van der Waals surface area contributed by atoms with Gasteiger partial charge in [0, 0.05) is 27.6 Å². The van der Waals surface area contributed by atoms with E-state index in [0.717, 1.165) is 12.1 Å². The fourth-order valence-electron chi connectivity index (χ4n) is 13.3. The third-order valence-electron chi connectivity index (χ3n) is 16.4. The lowest BCUT2D eigenvalue weighted by atomic mass is 9.51. The van der Waals surface area contributed by atoms with Crippen LogP contribution in [0.25, 0.3) is 44.7 Å². The Labute approximate surface area is 427 Å². The van der Waals surface area contributed by atoms with E-state index in [4.69, 9.17) is 0 Å². The van der Waals surface area contributed by atoms with Crippen molar-refractivity contribution in [3.8, 4) is 33.4 Å². The lowest BCUT2D eigenvalue weighted by Crippen LogP contribution is -2.45. The van der Waals surface area contributed by atoms with Crippen LogP contribution in [0.15, 0.2) is 271 Å². The van der Waals surface area contributed by atoms with Crippen molar-refractivity contribution < 1.29 is 0 Å². The van der Waals surface area contributed by atoms with Crippen LogP contribution in [0.4, 0.5) is 0 Å². The number of nitrogens with one attached hydrogen (secondary N) is 1. The number of hydrogen-bond acceptors (Lipinski definition) is 2. The molecule has 2 spiro atoms. The molecule has 10 aromatic carbocycles. The van der Waals surface area contributed by atoms with E-state index >= 15 is 0 Å². The second-order valence-corrected chi connectivity index (χ2v) is 20.9. The second-order valence-electron chi connectivity index (χ2n) is 19.8. The molecule has 4 aliphatic rings. The summed E-state index contributed by atoms with van der Waals surface area (Å²) in [5.74, 6) is 0.452. The Morgan fingerprint density at radius 3 is 1.40 bits per heavy atom. The monoisotopic (exact) mass is 937 g/mol. The van der Waals surface area contributed by atoms with E-state index in [1.165, 1.54) is 110 Å². The average molecular weight is 938 g/mol. The van der Waals surface area contributed by atoms with Crippen LogP contribution in [0, 0.1) is 5.92 Å². The lowest BCUT2D eigenvalue weighted by molar-refractivity contribution is 0.583. The molecule has 2 aliphatic heterocycles. The smallest absolute Gasteiger partial charge is 0.0730 e. The minimum atomic E-state index is -0.569. The van der Waals surface area contributed by atoms with Crippen molar-refractivity contribution in [3.05, 3.63) is 322 Å². The molecule has 10 aromatic rings. The van der Waals surface area contributed by atoms with Gasteiger partial charge in [0.25, 0.3) is 0 Å². The molecule has 14 rings (SSSR count). The summed E-state index contributed by atoms with van der Waals surface area (Å²) in [6.45, 7) is 2.33. The second kappa shape index (κ2) is 17.0. The number of rotatable bonds is 6. The van der Waals surface area contributed by atoms with Crippen LogP contribution in [-0.2, 0) is 10.8 Å². The van der Waals surface area contributed by atoms with Crippen LogP contribution in [0.2, 0.25) is 0 Å². The molecule has 2 aliphatic carbocycles. The standard InChI is InChI=1S/C70H51NS/c1-2-53-56(50-37-33-47(34-38-50)46-19-5-3-6-20-46)44-66(71-45-57(53)49-21-7-4-8-22-49)51-39-35-48(36-40-51)52-41-42-68-65(43-52)70(64-31-17-18-32-67(64)72-68)62-29-15-13-27-60(62)69(61-28-14-16-30-63(61)70)58-25-11-9-23-54(58)55-24-10-12-26-59(55)69/h3-45,53,56,71H,2H2,1H3.